The van der Waals surface area contributed by atoms with E-state index in [2.05, 4.69) is 37.0 Å². The summed E-state index contributed by atoms with van der Waals surface area (Å²) in [5.74, 6) is 0.388. The van der Waals surface area contributed by atoms with Gasteiger partial charge in [-0.05, 0) is 45.2 Å². The van der Waals surface area contributed by atoms with Gasteiger partial charge < -0.3 is 14.9 Å². The average molecular weight is 418 g/mol. The summed E-state index contributed by atoms with van der Waals surface area (Å²) < 4.78 is 2.11. The Hall–Kier alpha value is -3.41. The normalized spacial score (nSPS) is 13.6. The lowest BCUT2D eigenvalue weighted by atomic mass is 10.1. The first-order valence-electron chi connectivity index (χ1n) is 10.8. The van der Waals surface area contributed by atoms with Crippen molar-refractivity contribution in [2.75, 3.05) is 13.6 Å². The minimum absolute atomic E-state index is 0.0481. The Balaban J connectivity index is 0.000000491. The van der Waals surface area contributed by atoms with Crippen LogP contribution in [0.5, 0.6) is 0 Å². The van der Waals surface area contributed by atoms with E-state index in [1.807, 2.05) is 69.9 Å². The number of ketones is 1. The van der Waals surface area contributed by atoms with Gasteiger partial charge in [-0.25, -0.2) is 4.98 Å². The van der Waals surface area contributed by atoms with Crippen molar-refractivity contribution in [3.05, 3.63) is 77.7 Å². The number of aliphatic imine (C=N–C) groups is 1. The van der Waals surface area contributed by atoms with Gasteiger partial charge in [-0.2, -0.15) is 0 Å². The number of hydrogen-bond acceptors (Lipinski definition) is 4. The fourth-order valence-corrected chi connectivity index (χ4v) is 3.62. The molecule has 0 aliphatic carbocycles. The number of imidazole rings is 1. The van der Waals surface area contributed by atoms with E-state index in [1.54, 1.807) is 0 Å². The lowest BCUT2D eigenvalue weighted by Crippen LogP contribution is -2.04. The fourth-order valence-electron chi connectivity index (χ4n) is 3.62. The predicted molar refractivity (Wildman–Crippen MR) is 128 cm³/mol. The maximum Gasteiger partial charge on any atom is 0.230 e. The van der Waals surface area contributed by atoms with Gasteiger partial charge in [0.15, 0.2) is 5.82 Å². The van der Waals surface area contributed by atoms with Crippen LogP contribution in [0.4, 0.5) is 0 Å². The lowest BCUT2D eigenvalue weighted by Gasteiger charge is -2.01. The van der Waals surface area contributed by atoms with E-state index in [9.17, 15) is 4.79 Å². The number of nitrogens with one attached hydrogen (secondary N) is 2. The molecule has 0 radical (unpaired) electrons. The number of aromatic amines is 1. The molecule has 6 nitrogen and oxygen atoms in total. The van der Waals surface area contributed by atoms with Gasteiger partial charge in [0.2, 0.25) is 5.78 Å². The number of hydrogen-bond donors (Lipinski definition) is 2. The zero-order valence-corrected chi connectivity index (χ0v) is 18.6. The summed E-state index contributed by atoms with van der Waals surface area (Å²) >= 11 is 0. The first-order valence-corrected chi connectivity index (χ1v) is 10.8. The third-order valence-corrected chi connectivity index (χ3v) is 5.11. The highest BCUT2D eigenvalue weighted by atomic mass is 16.1. The molecule has 0 saturated carbocycles. The van der Waals surface area contributed by atoms with Crippen molar-refractivity contribution >= 4 is 22.9 Å². The number of nitrogens with zero attached hydrogens (tertiary/aromatic N) is 3. The first-order chi connectivity index (χ1) is 15.2. The third kappa shape index (κ3) is 5.40. The number of rotatable bonds is 5. The lowest BCUT2D eigenvalue weighted by molar-refractivity contribution is 0.103. The molecule has 0 unspecified atom stereocenters. The molecule has 3 heterocycles. The van der Waals surface area contributed by atoms with Crippen molar-refractivity contribution in [2.45, 2.75) is 39.7 Å². The monoisotopic (exact) mass is 417 g/mol. The number of H-pyrrole nitrogens is 1. The zero-order valence-electron chi connectivity index (χ0n) is 18.6. The van der Waals surface area contributed by atoms with E-state index in [4.69, 9.17) is 0 Å². The highest BCUT2D eigenvalue weighted by Gasteiger charge is 2.21. The van der Waals surface area contributed by atoms with Crippen LogP contribution in [0.15, 0.2) is 59.9 Å². The van der Waals surface area contributed by atoms with Crippen LogP contribution < -0.4 is 5.32 Å². The van der Waals surface area contributed by atoms with Gasteiger partial charge in [-0.3, -0.25) is 9.79 Å². The van der Waals surface area contributed by atoms with Crippen molar-refractivity contribution in [2.24, 2.45) is 4.99 Å². The van der Waals surface area contributed by atoms with Crippen LogP contribution in [0.1, 0.15) is 47.8 Å². The molecule has 2 aromatic heterocycles. The number of aromatic nitrogens is 3. The largest absolute Gasteiger partial charge is 0.394 e. The minimum Gasteiger partial charge on any atom is -0.394 e. The number of allylic oxidation sites excluding steroid dienone is 3. The van der Waals surface area contributed by atoms with Crippen molar-refractivity contribution < 1.29 is 4.79 Å². The quantitative estimate of drug-likeness (QED) is 0.475. The van der Waals surface area contributed by atoms with E-state index in [0.29, 0.717) is 11.4 Å². The fraction of sp³-hybridized carbons (Fsp3) is 0.320. The summed E-state index contributed by atoms with van der Waals surface area (Å²) in [5, 5.41) is 3.80. The highest BCUT2D eigenvalue weighted by molar-refractivity contribution is 6.14. The Morgan fingerprint density at radius 2 is 2.06 bits per heavy atom. The van der Waals surface area contributed by atoms with Crippen LogP contribution in [0.2, 0.25) is 0 Å². The van der Waals surface area contributed by atoms with E-state index >= 15 is 0 Å². The summed E-state index contributed by atoms with van der Waals surface area (Å²) in [4.78, 5) is 25.4. The van der Waals surface area contributed by atoms with Crippen molar-refractivity contribution in [1.29, 1.82) is 0 Å². The van der Waals surface area contributed by atoms with Crippen LogP contribution in [0, 0.1) is 0 Å². The molecule has 162 valence electrons. The van der Waals surface area contributed by atoms with Crippen LogP contribution >= 0.6 is 0 Å². The molecule has 0 atom stereocenters. The third-order valence-electron chi connectivity index (χ3n) is 5.11. The van der Waals surface area contributed by atoms with Gasteiger partial charge in [-0.1, -0.05) is 36.4 Å². The van der Waals surface area contributed by atoms with E-state index in [0.717, 1.165) is 54.6 Å². The first kappa shape index (κ1) is 22.3. The maximum absolute atomic E-state index is 13.2. The van der Waals surface area contributed by atoms with Gasteiger partial charge in [0.25, 0.3) is 0 Å². The van der Waals surface area contributed by atoms with Gasteiger partial charge in [0.05, 0.1) is 11.3 Å². The molecule has 0 fully saturated rings. The molecule has 2 N–H and O–H groups in total. The molecule has 31 heavy (non-hydrogen) atoms. The van der Waals surface area contributed by atoms with Crippen LogP contribution in [-0.2, 0) is 19.4 Å². The van der Waals surface area contributed by atoms with Gasteiger partial charge in [-0.15, -0.1) is 0 Å². The summed E-state index contributed by atoms with van der Waals surface area (Å²) in [5.41, 5.74) is 3.80. The predicted octanol–water partition coefficient (Wildman–Crippen LogP) is 4.47. The van der Waals surface area contributed by atoms with Crippen molar-refractivity contribution in [1.82, 2.24) is 19.9 Å². The van der Waals surface area contributed by atoms with Crippen LogP contribution in [0.3, 0.4) is 0 Å². The van der Waals surface area contributed by atoms with E-state index < -0.39 is 0 Å². The molecule has 6 heteroatoms. The number of carbonyl (C=O) groups excluding carboxylic acids is 1. The Morgan fingerprint density at radius 3 is 2.81 bits per heavy atom. The minimum atomic E-state index is -0.0481. The summed E-state index contributed by atoms with van der Waals surface area (Å²) in [6.45, 7) is 5.45. The van der Waals surface area contributed by atoms with Crippen LogP contribution in [-0.4, -0.2) is 40.1 Å². The average Bonchev–Trinajstić information content (AvgIpc) is 3.34. The molecule has 3 aromatic rings. The standard InChI is InChI=1S/C21H22N4O.C4H9N/c1-2-3-13-25-14-16(15-7-4-5-9-19(15)25)20(26)21-23-17-8-6-11-22-12-10-18(17)24-21;1-3-4-5-2/h2-5,7,9,11,14H,6,8,10,12-13H2,1H3,(H,23,24);3-5H,1-2H3/b3-2+,22-11?;4-3-. The molecule has 1 aromatic carbocycles. The second-order valence-electron chi connectivity index (χ2n) is 7.29. The molecule has 0 bridgehead atoms. The van der Waals surface area contributed by atoms with Gasteiger partial charge in [0.1, 0.15) is 0 Å². The van der Waals surface area contributed by atoms with Crippen molar-refractivity contribution in [3.63, 3.8) is 0 Å². The molecule has 0 saturated heterocycles. The number of aryl methyl sites for hydroxylation is 1. The second kappa shape index (κ2) is 11.1. The zero-order chi connectivity index (χ0) is 22.1. The number of para-hydroxylation sites is 1. The summed E-state index contributed by atoms with van der Waals surface area (Å²) in [6.07, 6.45) is 14.3. The SMILES string of the molecule is C/C=C/Cn1cc(C(=O)c2nc3c([nH]2)CCC=NCC3)c2ccccc21.C/C=C\NC. The Bertz CT molecular complexity index is 1070. The Labute approximate surface area is 183 Å². The molecule has 4 rings (SSSR count). The Morgan fingerprint density at radius 1 is 1.23 bits per heavy atom. The second-order valence-corrected chi connectivity index (χ2v) is 7.29. The molecule has 1 aliphatic heterocycles. The topological polar surface area (TPSA) is 75.1 Å². The van der Waals surface area contributed by atoms with E-state index in [-0.39, 0.29) is 5.78 Å². The molecular weight excluding hydrogens is 386 g/mol. The molecular formula is C25H31N5O. The number of benzene rings is 1. The summed E-state index contributed by atoms with van der Waals surface area (Å²) in [7, 11) is 1.88. The van der Waals surface area contributed by atoms with Gasteiger partial charge >= 0.3 is 0 Å². The number of carbonyl (C=O) groups is 1. The Kier molecular flexibility index (Phi) is 7.98. The highest BCUT2D eigenvalue weighted by Crippen LogP contribution is 2.24. The molecule has 0 amide bonds. The summed E-state index contributed by atoms with van der Waals surface area (Å²) in [6, 6.07) is 8.02. The molecule has 1 aliphatic rings. The maximum atomic E-state index is 13.2. The van der Waals surface area contributed by atoms with Crippen molar-refractivity contribution in [3.8, 4) is 0 Å². The van der Waals surface area contributed by atoms with Gasteiger partial charge in [0, 0.05) is 49.4 Å². The van der Waals surface area contributed by atoms with Crippen LogP contribution in [0.25, 0.3) is 10.9 Å². The molecule has 0 spiro atoms. The number of fused-ring (bicyclic) bond motifs is 2. The van der Waals surface area contributed by atoms with E-state index in [1.165, 1.54) is 0 Å². The smallest absolute Gasteiger partial charge is 0.230 e.